The van der Waals surface area contributed by atoms with Crippen LogP contribution in [0.4, 0.5) is 5.69 Å². The lowest BCUT2D eigenvalue weighted by atomic mass is 10.1. The van der Waals surface area contributed by atoms with Gasteiger partial charge in [-0.25, -0.2) is 5.06 Å². The number of amides is 1. The predicted molar refractivity (Wildman–Crippen MR) is 62.7 cm³/mol. The summed E-state index contributed by atoms with van der Waals surface area (Å²) in [5.74, 6) is -0.343. The Labute approximate surface area is 101 Å². The standard InChI is InChI=1S/C9H10BrClN2O2/c1-13(15-2)9(14)5-3-7(11)6(10)4-8(5)12/h3-4H,12H2,1-2H3. The fraction of sp³-hybridized carbons (Fsp3) is 0.222. The van der Waals surface area contributed by atoms with Gasteiger partial charge in [0.1, 0.15) is 0 Å². The number of hydroxylamine groups is 2. The summed E-state index contributed by atoms with van der Waals surface area (Å²) >= 11 is 9.08. The van der Waals surface area contributed by atoms with Crippen LogP contribution in [0.1, 0.15) is 10.4 Å². The molecule has 0 spiro atoms. The van der Waals surface area contributed by atoms with Gasteiger partial charge in [0.25, 0.3) is 5.91 Å². The lowest BCUT2D eigenvalue weighted by Crippen LogP contribution is -2.26. The molecule has 1 rings (SSSR count). The molecule has 0 aliphatic heterocycles. The molecule has 0 unspecified atom stereocenters. The number of carbonyl (C=O) groups is 1. The van der Waals surface area contributed by atoms with Crippen LogP contribution >= 0.6 is 27.5 Å². The molecule has 0 aliphatic carbocycles. The van der Waals surface area contributed by atoms with Crippen molar-refractivity contribution in [3.8, 4) is 0 Å². The fourth-order valence-corrected chi connectivity index (χ4v) is 1.52. The Balaban J connectivity index is 3.15. The summed E-state index contributed by atoms with van der Waals surface area (Å²) in [5, 5.41) is 1.51. The van der Waals surface area contributed by atoms with Gasteiger partial charge < -0.3 is 5.73 Å². The molecule has 0 heterocycles. The van der Waals surface area contributed by atoms with Crippen molar-refractivity contribution >= 4 is 39.1 Å². The van der Waals surface area contributed by atoms with E-state index < -0.39 is 0 Å². The van der Waals surface area contributed by atoms with Crippen LogP contribution in [-0.2, 0) is 4.84 Å². The third-order valence-corrected chi connectivity index (χ3v) is 3.08. The second kappa shape index (κ2) is 4.83. The fourth-order valence-electron chi connectivity index (χ4n) is 1.000. The van der Waals surface area contributed by atoms with Crippen molar-refractivity contribution < 1.29 is 9.63 Å². The SMILES string of the molecule is CON(C)C(=O)c1cc(Cl)c(Br)cc1N. The zero-order chi connectivity index (χ0) is 11.6. The second-order valence-corrected chi connectivity index (χ2v) is 4.10. The third-order valence-electron chi connectivity index (χ3n) is 1.88. The van der Waals surface area contributed by atoms with Crippen molar-refractivity contribution in [3.63, 3.8) is 0 Å². The van der Waals surface area contributed by atoms with Crippen molar-refractivity contribution in [1.29, 1.82) is 0 Å². The highest BCUT2D eigenvalue weighted by Crippen LogP contribution is 2.28. The number of hydrogen-bond acceptors (Lipinski definition) is 3. The van der Waals surface area contributed by atoms with Crippen LogP contribution in [0.3, 0.4) is 0 Å². The Morgan fingerprint density at radius 2 is 2.20 bits per heavy atom. The van der Waals surface area contributed by atoms with Crippen LogP contribution < -0.4 is 5.73 Å². The molecule has 0 radical (unpaired) electrons. The van der Waals surface area contributed by atoms with Crippen molar-refractivity contribution in [2.75, 3.05) is 19.9 Å². The van der Waals surface area contributed by atoms with Gasteiger partial charge in [0.05, 0.1) is 17.7 Å². The van der Waals surface area contributed by atoms with Crippen molar-refractivity contribution in [2.45, 2.75) is 0 Å². The number of nitrogen functional groups attached to an aromatic ring is 1. The number of nitrogens with zero attached hydrogens (tertiary/aromatic N) is 1. The van der Waals surface area contributed by atoms with Crippen LogP contribution in [0.15, 0.2) is 16.6 Å². The number of benzene rings is 1. The minimum atomic E-state index is -0.343. The second-order valence-electron chi connectivity index (χ2n) is 2.84. The molecule has 0 saturated carbocycles. The number of nitrogens with two attached hydrogens (primary N) is 1. The summed E-state index contributed by atoms with van der Waals surface area (Å²) in [5.41, 5.74) is 6.35. The van der Waals surface area contributed by atoms with Crippen molar-refractivity contribution in [2.24, 2.45) is 0 Å². The maximum Gasteiger partial charge on any atom is 0.279 e. The molecule has 0 bridgehead atoms. The first kappa shape index (κ1) is 12.3. The van der Waals surface area contributed by atoms with Crippen LogP contribution in [0, 0.1) is 0 Å². The minimum absolute atomic E-state index is 0.313. The van der Waals surface area contributed by atoms with E-state index in [4.69, 9.17) is 22.2 Å². The summed E-state index contributed by atoms with van der Waals surface area (Å²) in [6.45, 7) is 0. The van der Waals surface area contributed by atoms with Crippen molar-refractivity contribution in [3.05, 3.63) is 27.2 Å². The molecule has 0 fully saturated rings. The van der Waals surface area contributed by atoms with E-state index in [0.717, 1.165) is 5.06 Å². The monoisotopic (exact) mass is 292 g/mol. The average molecular weight is 294 g/mol. The van der Waals surface area contributed by atoms with E-state index in [-0.39, 0.29) is 5.91 Å². The predicted octanol–water partition coefficient (Wildman–Crippen LogP) is 2.32. The largest absolute Gasteiger partial charge is 0.398 e. The number of carbonyl (C=O) groups excluding carboxylic acids is 1. The lowest BCUT2D eigenvalue weighted by Gasteiger charge is -2.15. The van der Waals surface area contributed by atoms with E-state index in [1.165, 1.54) is 20.2 Å². The topological polar surface area (TPSA) is 55.6 Å². The highest BCUT2D eigenvalue weighted by Gasteiger charge is 2.16. The molecular formula is C9H10BrClN2O2. The van der Waals surface area contributed by atoms with Gasteiger partial charge in [0.2, 0.25) is 0 Å². The Hall–Kier alpha value is -0.780. The summed E-state index contributed by atoms with van der Waals surface area (Å²) in [6.07, 6.45) is 0. The van der Waals surface area contributed by atoms with E-state index in [1.807, 2.05) is 0 Å². The molecule has 1 aromatic rings. The third kappa shape index (κ3) is 2.62. The van der Waals surface area contributed by atoms with Crippen LogP contribution in [0.2, 0.25) is 5.02 Å². The van der Waals surface area contributed by atoms with Gasteiger partial charge in [-0.15, -0.1) is 0 Å². The molecule has 15 heavy (non-hydrogen) atoms. The highest BCUT2D eigenvalue weighted by atomic mass is 79.9. The number of halogens is 2. The maximum atomic E-state index is 11.7. The molecule has 0 atom stereocenters. The Morgan fingerprint density at radius 3 is 2.73 bits per heavy atom. The minimum Gasteiger partial charge on any atom is -0.398 e. The number of hydrogen-bond donors (Lipinski definition) is 1. The van der Waals surface area contributed by atoms with E-state index >= 15 is 0 Å². The normalized spacial score (nSPS) is 10.1. The molecule has 6 heteroatoms. The average Bonchev–Trinajstić information content (AvgIpc) is 2.21. The summed E-state index contributed by atoms with van der Waals surface area (Å²) in [6, 6.07) is 3.08. The lowest BCUT2D eigenvalue weighted by molar-refractivity contribution is -0.0756. The first-order chi connectivity index (χ1) is 6.97. The van der Waals surface area contributed by atoms with Gasteiger partial charge in [-0.2, -0.15) is 0 Å². The summed E-state index contributed by atoms with van der Waals surface area (Å²) in [4.78, 5) is 16.5. The van der Waals surface area contributed by atoms with E-state index in [2.05, 4.69) is 15.9 Å². The summed E-state index contributed by atoms with van der Waals surface area (Å²) < 4.78 is 0.651. The van der Waals surface area contributed by atoms with Gasteiger partial charge >= 0.3 is 0 Å². The van der Waals surface area contributed by atoms with E-state index in [9.17, 15) is 4.79 Å². The Bertz CT molecular complexity index is 398. The van der Waals surface area contributed by atoms with Gasteiger partial charge in [-0.1, -0.05) is 11.6 Å². The smallest absolute Gasteiger partial charge is 0.279 e. The first-order valence-electron chi connectivity index (χ1n) is 4.04. The molecule has 82 valence electrons. The van der Waals surface area contributed by atoms with Crippen LogP contribution in [-0.4, -0.2) is 25.1 Å². The molecule has 0 aromatic heterocycles. The first-order valence-corrected chi connectivity index (χ1v) is 5.21. The van der Waals surface area contributed by atoms with Crippen LogP contribution in [0.5, 0.6) is 0 Å². The highest BCUT2D eigenvalue weighted by molar-refractivity contribution is 9.10. The van der Waals surface area contributed by atoms with Gasteiger partial charge in [0.15, 0.2) is 0 Å². The number of rotatable bonds is 2. The van der Waals surface area contributed by atoms with Gasteiger partial charge in [-0.3, -0.25) is 9.63 Å². The van der Waals surface area contributed by atoms with E-state index in [1.54, 1.807) is 6.07 Å². The molecule has 2 N–H and O–H groups in total. The maximum absolute atomic E-state index is 11.7. The molecular weight excluding hydrogens is 283 g/mol. The summed E-state index contributed by atoms with van der Waals surface area (Å²) in [7, 11) is 2.90. The van der Waals surface area contributed by atoms with Crippen molar-refractivity contribution in [1.82, 2.24) is 5.06 Å². The number of anilines is 1. The zero-order valence-electron chi connectivity index (χ0n) is 8.25. The van der Waals surface area contributed by atoms with Gasteiger partial charge in [0, 0.05) is 17.2 Å². The molecule has 0 aliphatic rings. The molecule has 0 saturated heterocycles. The molecule has 1 aromatic carbocycles. The quantitative estimate of drug-likeness (QED) is 0.672. The molecule has 4 nitrogen and oxygen atoms in total. The van der Waals surface area contributed by atoms with E-state index in [0.29, 0.717) is 20.7 Å². The van der Waals surface area contributed by atoms with Crippen LogP contribution in [0.25, 0.3) is 0 Å². The van der Waals surface area contributed by atoms with Gasteiger partial charge in [-0.05, 0) is 28.1 Å². The molecule has 1 amide bonds. The Morgan fingerprint density at radius 1 is 1.60 bits per heavy atom. The Kier molecular flexibility index (Phi) is 3.96. The zero-order valence-corrected chi connectivity index (χ0v) is 10.6.